The van der Waals surface area contributed by atoms with Gasteiger partial charge in [-0.2, -0.15) is 13.2 Å². The zero-order chi connectivity index (χ0) is 23.7. The summed E-state index contributed by atoms with van der Waals surface area (Å²) >= 11 is 0. The van der Waals surface area contributed by atoms with E-state index in [0.29, 0.717) is 12.0 Å². The number of nitrogens with zero attached hydrogens (tertiary/aromatic N) is 2. The highest BCUT2D eigenvalue weighted by Crippen LogP contribution is 2.39. The third-order valence-corrected chi connectivity index (χ3v) is 6.31. The van der Waals surface area contributed by atoms with E-state index in [9.17, 15) is 31.2 Å². The fourth-order valence-electron chi connectivity index (χ4n) is 3.17. The van der Waals surface area contributed by atoms with Gasteiger partial charge in [-0.1, -0.05) is 55.0 Å². The van der Waals surface area contributed by atoms with Crippen molar-refractivity contribution in [2.75, 3.05) is 6.54 Å². The molecule has 1 N–H and O–H groups in total. The number of halogens is 3. The highest BCUT2D eigenvalue weighted by molar-refractivity contribution is 8.06. The third kappa shape index (κ3) is 3.99. The molecule has 0 saturated heterocycles. The molecule has 0 bridgehead atoms. The molecule has 11 heteroatoms. The van der Waals surface area contributed by atoms with Crippen LogP contribution >= 0.6 is 0 Å². The molecule has 2 aromatic carbocycles. The van der Waals surface area contributed by atoms with Crippen molar-refractivity contribution >= 4 is 26.8 Å². The first-order valence-corrected chi connectivity index (χ1v) is 11.1. The maximum atomic E-state index is 14.2. The van der Waals surface area contributed by atoms with E-state index in [1.165, 1.54) is 29.6 Å². The Bertz CT molecular complexity index is 1160. The second kappa shape index (κ2) is 8.38. The summed E-state index contributed by atoms with van der Waals surface area (Å²) in [5.41, 5.74) is -2.85. The lowest BCUT2D eigenvalue weighted by molar-refractivity contribution is -0.195. The van der Waals surface area contributed by atoms with Crippen LogP contribution in [0.15, 0.2) is 64.5 Å². The smallest absolute Gasteiger partial charge is 0.302 e. The average Bonchev–Trinajstić information content (AvgIpc) is 3.02. The number of carbonyl (C=O) groups excluding carboxylic acids is 2. The van der Waals surface area contributed by atoms with Gasteiger partial charge in [-0.15, -0.1) is 0 Å². The van der Waals surface area contributed by atoms with Crippen molar-refractivity contribution in [3.63, 3.8) is 0 Å². The van der Waals surface area contributed by atoms with Crippen LogP contribution in [0.2, 0.25) is 0 Å². The molecule has 0 saturated carbocycles. The molecule has 1 heterocycles. The molecule has 0 unspecified atom stereocenters. The van der Waals surface area contributed by atoms with Crippen LogP contribution in [0, 0.1) is 6.92 Å². The lowest BCUT2D eigenvalue weighted by atomic mass is 10.1. The van der Waals surface area contributed by atoms with E-state index in [2.05, 4.69) is 4.99 Å². The van der Waals surface area contributed by atoms with Crippen LogP contribution in [-0.2, 0) is 14.6 Å². The summed E-state index contributed by atoms with van der Waals surface area (Å²) in [6, 6.07) is 12.7. The van der Waals surface area contributed by atoms with Crippen LogP contribution in [0.25, 0.3) is 0 Å². The van der Waals surface area contributed by atoms with Gasteiger partial charge in [0.1, 0.15) is 5.84 Å². The first-order chi connectivity index (χ1) is 14.9. The van der Waals surface area contributed by atoms with Gasteiger partial charge in [-0.05, 0) is 25.5 Å². The molecule has 0 radical (unpaired) electrons. The van der Waals surface area contributed by atoms with Crippen molar-refractivity contribution in [1.82, 2.24) is 10.2 Å². The molecule has 32 heavy (non-hydrogen) atoms. The molecule has 0 fully saturated rings. The number of rotatable bonds is 5. The maximum Gasteiger partial charge on any atom is 0.442 e. The van der Waals surface area contributed by atoms with Crippen molar-refractivity contribution in [2.24, 2.45) is 4.99 Å². The summed E-state index contributed by atoms with van der Waals surface area (Å²) in [4.78, 5) is 29.4. The highest BCUT2D eigenvalue weighted by atomic mass is 32.2. The van der Waals surface area contributed by atoms with E-state index in [4.69, 9.17) is 0 Å². The number of amides is 2. The van der Waals surface area contributed by atoms with Gasteiger partial charge in [-0.3, -0.25) is 14.5 Å². The largest absolute Gasteiger partial charge is 0.442 e. The van der Waals surface area contributed by atoms with Crippen molar-refractivity contribution in [3.8, 4) is 0 Å². The van der Waals surface area contributed by atoms with Crippen LogP contribution in [0.1, 0.15) is 24.5 Å². The summed E-state index contributed by atoms with van der Waals surface area (Å²) in [7, 11) is -4.87. The van der Waals surface area contributed by atoms with Gasteiger partial charge < -0.3 is 5.32 Å². The number of amidine groups is 1. The number of sulfone groups is 1. The normalized spacial score (nSPS) is 19.1. The predicted octanol–water partition coefficient (Wildman–Crippen LogP) is 3.44. The van der Waals surface area contributed by atoms with Crippen LogP contribution in [0.3, 0.4) is 0 Å². The average molecular weight is 467 g/mol. The molecular weight excluding hydrogens is 447 g/mol. The lowest BCUT2D eigenvalue weighted by Gasteiger charge is -2.28. The number of aliphatic imine (C=N–C) groups is 1. The van der Waals surface area contributed by atoms with Crippen LogP contribution in [0.4, 0.5) is 18.0 Å². The van der Waals surface area contributed by atoms with E-state index in [1.807, 2.05) is 0 Å². The van der Waals surface area contributed by atoms with E-state index >= 15 is 0 Å². The van der Waals surface area contributed by atoms with Gasteiger partial charge >= 0.3 is 17.1 Å². The topological polar surface area (TPSA) is 95.9 Å². The summed E-state index contributed by atoms with van der Waals surface area (Å²) in [6.07, 6.45) is -5.09. The summed E-state index contributed by atoms with van der Waals surface area (Å²) in [5.74, 6) is -1.87. The van der Waals surface area contributed by atoms with Gasteiger partial charge in [0.15, 0.2) is 0 Å². The molecule has 2 amide bonds. The molecule has 1 aliphatic heterocycles. The molecule has 3 rings (SSSR count). The van der Waals surface area contributed by atoms with E-state index in [-0.39, 0.29) is 17.9 Å². The summed E-state index contributed by atoms with van der Waals surface area (Å²) < 4.78 is 67.9. The van der Waals surface area contributed by atoms with Crippen molar-refractivity contribution in [3.05, 3.63) is 65.7 Å². The van der Waals surface area contributed by atoms with Gasteiger partial charge in [-0.25, -0.2) is 13.4 Å². The SMILES string of the molecule is CCCN1C(=O)[C@@](NC(=O)S(=O)(=O)c2ccc(C)cc2)(C(F)(F)F)N=C1c1ccccc1. The Hall–Kier alpha value is -3.21. The summed E-state index contributed by atoms with van der Waals surface area (Å²) in [6.45, 7) is 3.23. The Kier molecular flexibility index (Phi) is 6.14. The maximum absolute atomic E-state index is 14.2. The number of alkyl halides is 3. The Morgan fingerprint density at radius 3 is 2.22 bits per heavy atom. The lowest BCUT2D eigenvalue weighted by Crippen LogP contribution is -2.64. The minimum atomic E-state index is -5.40. The first-order valence-electron chi connectivity index (χ1n) is 9.62. The van der Waals surface area contributed by atoms with E-state index in [0.717, 1.165) is 17.0 Å². The number of aryl methyl sites for hydroxylation is 1. The Morgan fingerprint density at radius 1 is 1.09 bits per heavy atom. The fraction of sp³-hybridized carbons (Fsp3) is 0.286. The predicted molar refractivity (Wildman–Crippen MR) is 111 cm³/mol. The van der Waals surface area contributed by atoms with Crippen molar-refractivity contribution in [1.29, 1.82) is 0 Å². The third-order valence-electron chi connectivity index (χ3n) is 4.83. The molecule has 2 aromatic rings. The van der Waals surface area contributed by atoms with Crippen molar-refractivity contribution in [2.45, 2.75) is 37.0 Å². The second-order valence-electron chi connectivity index (χ2n) is 7.20. The van der Waals surface area contributed by atoms with Gasteiger partial charge in [0.25, 0.3) is 15.7 Å². The molecular formula is C21H20F3N3O4S. The molecule has 0 spiro atoms. The Balaban J connectivity index is 2.10. The van der Waals surface area contributed by atoms with Crippen LogP contribution in [0.5, 0.6) is 0 Å². The Labute approximate surface area is 182 Å². The van der Waals surface area contributed by atoms with E-state index in [1.54, 1.807) is 32.0 Å². The number of carbonyl (C=O) groups is 2. The molecule has 170 valence electrons. The van der Waals surface area contributed by atoms with Crippen molar-refractivity contribution < 1.29 is 31.2 Å². The minimum absolute atomic E-state index is 0.106. The zero-order valence-corrected chi connectivity index (χ0v) is 18.0. The minimum Gasteiger partial charge on any atom is -0.302 e. The van der Waals surface area contributed by atoms with Crippen LogP contribution in [-0.4, -0.2) is 48.7 Å². The highest BCUT2D eigenvalue weighted by Gasteiger charge is 2.67. The number of nitrogens with one attached hydrogen (secondary N) is 1. The fourth-order valence-corrected chi connectivity index (χ4v) is 4.16. The second-order valence-corrected chi connectivity index (χ2v) is 9.04. The standard InChI is InChI=1S/C21H20F3N3O4S/c1-3-13-27-17(15-7-5-4-6-8-15)25-20(18(27)28,21(22,23)24)26-19(29)32(30,31)16-11-9-14(2)10-12-16/h4-12H,3,13H2,1-2H3,(H,26,29)/t20-/m1/s1. The van der Waals surface area contributed by atoms with Crippen LogP contribution < -0.4 is 5.32 Å². The van der Waals surface area contributed by atoms with Gasteiger partial charge in [0.2, 0.25) is 0 Å². The zero-order valence-electron chi connectivity index (χ0n) is 17.2. The molecule has 1 aliphatic rings. The molecule has 1 atom stereocenters. The Morgan fingerprint density at radius 2 is 1.69 bits per heavy atom. The molecule has 0 aliphatic carbocycles. The molecule has 7 nitrogen and oxygen atoms in total. The van der Waals surface area contributed by atoms with E-state index < -0.39 is 37.7 Å². The van der Waals surface area contributed by atoms with Gasteiger partial charge in [0.05, 0.1) is 4.90 Å². The number of benzene rings is 2. The number of hydrogen-bond acceptors (Lipinski definition) is 5. The quantitative estimate of drug-likeness (QED) is 0.729. The monoisotopic (exact) mass is 467 g/mol. The summed E-state index contributed by atoms with van der Waals surface area (Å²) in [5, 5.41) is -0.578. The number of hydrogen-bond donors (Lipinski definition) is 1. The molecule has 0 aromatic heterocycles. The van der Waals surface area contributed by atoms with Gasteiger partial charge in [0, 0.05) is 12.1 Å². The first kappa shape index (κ1) is 23.5.